The minimum atomic E-state index is 0.709. The van der Waals surface area contributed by atoms with E-state index in [1.165, 1.54) is 72.3 Å². The maximum Gasteiger partial charge on any atom is 0.119 e. The maximum absolute atomic E-state index is 6.61. The standard InChI is InChI=1S/C78H65ClN4O2/c1-50-14-26-62(27-15-50)82(67-29-21-54-17-16-53-20-28-66(46-57(53)44-58(54)47-67)81(64-34-38-71(84-4)39-35-64)65-36-40-72(85-5)41-37-65)68-30-22-55-18-19-56-23-31-69(49-60(56)45-59(55)48-68)83(63-32-24-61(79)25-33-63)70-42-51(2)77(52(3)43-70)78-73-10-6-8-12-75(73)80-76-13-9-7-11-74(76)78/h6-15,20-43,46-49H,16-19,44-45H2,1-5H3. The summed E-state index contributed by atoms with van der Waals surface area (Å²) in [5, 5.41) is 3.02. The topological polar surface area (TPSA) is 41.1 Å². The zero-order valence-electron chi connectivity index (χ0n) is 48.7. The summed E-state index contributed by atoms with van der Waals surface area (Å²) in [6.07, 6.45) is 5.54. The summed E-state index contributed by atoms with van der Waals surface area (Å²) >= 11 is 6.61. The summed E-state index contributed by atoms with van der Waals surface area (Å²) in [7, 11) is 3.42. The number of nitrogens with zero attached hydrogens (tertiary/aromatic N) is 4. The molecule has 7 heteroatoms. The average molecular weight is 1130 g/mol. The molecule has 2 aliphatic rings. The molecule has 85 heavy (non-hydrogen) atoms. The number of hydrogen-bond donors (Lipinski definition) is 0. The van der Waals surface area contributed by atoms with E-state index in [0.29, 0.717) is 5.02 Å². The van der Waals surface area contributed by atoms with Crippen LogP contribution in [0.1, 0.15) is 61.2 Å². The fourth-order valence-corrected chi connectivity index (χ4v) is 13.4. The molecule has 0 radical (unpaired) electrons. The van der Waals surface area contributed by atoms with Crippen LogP contribution in [0.2, 0.25) is 5.02 Å². The van der Waals surface area contributed by atoms with Crippen molar-refractivity contribution >= 4 is 84.6 Å². The van der Waals surface area contributed by atoms with Gasteiger partial charge in [0.2, 0.25) is 0 Å². The Hall–Kier alpha value is -9.62. The van der Waals surface area contributed by atoms with Crippen LogP contribution in [0.25, 0.3) is 32.9 Å². The second-order valence-electron chi connectivity index (χ2n) is 22.9. The number of fused-ring (bicyclic) bond motifs is 6. The molecule has 0 saturated heterocycles. The Labute approximate surface area is 503 Å². The molecule has 0 saturated carbocycles. The predicted octanol–water partition coefficient (Wildman–Crippen LogP) is 20.4. The number of benzene rings is 11. The van der Waals surface area contributed by atoms with Crippen LogP contribution in [0.4, 0.5) is 51.2 Å². The van der Waals surface area contributed by atoms with Crippen molar-refractivity contribution in [2.24, 2.45) is 0 Å². The summed E-state index contributed by atoms with van der Waals surface area (Å²) in [5.74, 6) is 1.65. The van der Waals surface area contributed by atoms with Crippen molar-refractivity contribution in [1.29, 1.82) is 0 Å². The van der Waals surface area contributed by atoms with E-state index in [0.717, 1.165) is 123 Å². The van der Waals surface area contributed by atoms with Crippen molar-refractivity contribution in [3.05, 3.63) is 297 Å². The normalized spacial score (nSPS) is 12.5. The van der Waals surface area contributed by atoms with Gasteiger partial charge in [-0.05, 0) is 278 Å². The second-order valence-corrected chi connectivity index (χ2v) is 23.3. The summed E-state index contributed by atoms with van der Waals surface area (Å²) in [6.45, 7) is 6.67. The molecule has 0 amide bonds. The number of methoxy groups -OCH3 is 2. The van der Waals surface area contributed by atoms with Crippen LogP contribution in [0.5, 0.6) is 11.5 Å². The molecule has 0 fully saturated rings. The quantitative estimate of drug-likeness (QED) is 0.114. The minimum Gasteiger partial charge on any atom is -0.497 e. The number of hydrogen-bond acceptors (Lipinski definition) is 6. The van der Waals surface area contributed by atoms with E-state index in [9.17, 15) is 0 Å². The van der Waals surface area contributed by atoms with Crippen molar-refractivity contribution in [1.82, 2.24) is 4.98 Å². The van der Waals surface area contributed by atoms with E-state index in [1.807, 2.05) is 36.4 Å². The van der Waals surface area contributed by atoms with Gasteiger partial charge >= 0.3 is 0 Å². The molecule has 6 nitrogen and oxygen atoms in total. The molecule has 416 valence electrons. The van der Waals surface area contributed by atoms with Crippen molar-refractivity contribution in [3.63, 3.8) is 0 Å². The largest absolute Gasteiger partial charge is 0.497 e. The first-order valence-electron chi connectivity index (χ1n) is 29.5. The van der Waals surface area contributed by atoms with Gasteiger partial charge < -0.3 is 24.2 Å². The van der Waals surface area contributed by atoms with Gasteiger partial charge in [-0.2, -0.15) is 0 Å². The lowest BCUT2D eigenvalue weighted by Crippen LogP contribution is -2.12. The van der Waals surface area contributed by atoms with Crippen LogP contribution in [0.3, 0.4) is 0 Å². The minimum absolute atomic E-state index is 0.709. The Balaban J connectivity index is 0.817. The third kappa shape index (κ3) is 10.3. The lowest BCUT2D eigenvalue weighted by molar-refractivity contribution is 0.415. The Morgan fingerprint density at radius 3 is 1.05 bits per heavy atom. The molecular weight excluding hydrogens is 1060 g/mol. The van der Waals surface area contributed by atoms with E-state index in [2.05, 4.69) is 230 Å². The van der Waals surface area contributed by atoms with Gasteiger partial charge in [0.25, 0.3) is 0 Å². The average Bonchev–Trinajstić information content (AvgIpc) is 3.35. The highest BCUT2D eigenvalue weighted by Gasteiger charge is 2.25. The smallest absolute Gasteiger partial charge is 0.119 e. The zero-order chi connectivity index (χ0) is 57.7. The highest BCUT2D eigenvalue weighted by Crippen LogP contribution is 2.46. The lowest BCUT2D eigenvalue weighted by atomic mass is 9.89. The summed E-state index contributed by atoms with van der Waals surface area (Å²) < 4.78 is 11.1. The fraction of sp³-hybridized carbons (Fsp3) is 0.141. The van der Waals surface area contributed by atoms with Crippen molar-refractivity contribution < 1.29 is 9.47 Å². The number of aromatic nitrogens is 1. The van der Waals surface area contributed by atoms with Crippen molar-refractivity contribution in [3.8, 4) is 22.6 Å². The van der Waals surface area contributed by atoms with E-state index >= 15 is 0 Å². The molecule has 12 aromatic rings. The molecular formula is C78H65ClN4O2. The number of anilines is 9. The highest BCUT2D eigenvalue weighted by atomic mass is 35.5. The first-order chi connectivity index (χ1) is 41.6. The lowest BCUT2D eigenvalue weighted by Gasteiger charge is -2.28. The number of para-hydroxylation sites is 2. The Bertz CT molecular complexity index is 4370. The maximum atomic E-state index is 6.61. The van der Waals surface area contributed by atoms with Crippen LogP contribution in [-0.2, 0) is 38.5 Å². The molecule has 0 bridgehead atoms. The second kappa shape index (κ2) is 22.5. The molecule has 0 N–H and O–H groups in total. The number of rotatable bonds is 12. The monoisotopic (exact) mass is 1120 g/mol. The Morgan fingerprint density at radius 1 is 0.329 bits per heavy atom. The first kappa shape index (κ1) is 53.4. The van der Waals surface area contributed by atoms with E-state index < -0.39 is 0 Å². The predicted molar refractivity (Wildman–Crippen MR) is 354 cm³/mol. The number of pyridine rings is 1. The summed E-state index contributed by atoms with van der Waals surface area (Å²) in [4.78, 5) is 12.3. The number of ether oxygens (including phenoxy) is 2. The molecule has 0 aliphatic heterocycles. The van der Waals surface area contributed by atoms with Gasteiger partial charge in [-0.1, -0.05) is 90.0 Å². The molecule has 1 aromatic heterocycles. The van der Waals surface area contributed by atoms with E-state index in [-0.39, 0.29) is 0 Å². The van der Waals surface area contributed by atoms with Gasteiger partial charge in [-0.3, -0.25) is 0 Å². The van der Waals surface area contributed by atoms with Gasteiger partial charge in [0.1, 0.15) is 11.5 Å². The fourth-order valence-electron chi connectivity index (χ4n) is 13.3. The van der Waals surface area contributed by atoms with Crippen LogP contribution in [0, 0.1) is 20.8 Å². The summed E-state index contributed by atoms with van der Waals surface area (Å²) in [5.41, 5.74) is 29.0. The van der Waals surface area contributed by atoms with Gasteiger partial charge in [0.05, 0.1) is 25.3 Å². The zero-order valence-corrected chi connectivity index (χ0v) is 49.4. The molecule has 1 heterocycles. The number of halogens is 1. The summed E-state index contributed by atoms with van der Waals surface area (Å²) in [6, 6.07) is 84.1. The SMILES string of the molecule is COc1ccc(N(c2ccc(OC)cc2)c2ccc3c(c2)Cc2cc(N(c4ccc(C)cc4)c4ccc5c(c4)Cc4cc(N(c6ccc(Cl)cc6)c6cc(C)c(-c7c8ccccc8nc8ccccc78)c(C)c6)ccc4CC5)ccc2CC3)cc1. The molecule has 0 unspecified atom stereocenters. The Morgan fingerprint density at radius 2 is 0.659 bits per heavy atom. The van der Waals surface area contributed by atoms with Crippen LogP contribution >= 0.6 is 11.6 Å². The first-order valence-corrected chi connectivity index (χ1v) is 29.9. The van der Waals surface area contributed by atoms with Gasteiger partial charge in [-0.25, -0.2) is 4.98 Å². The van der Waals surface area contributed by atoms with Crippen LogP contribution < -0.4 is 24.2 Å². The molecule has 0 spiro atoms. The highest BCUT2D eigenvalue weighted by molar-refractivity contribution is 6.30. The number of aryl methyl sites for hydroxylation is 7. The van der Waals surface area contributed by atoms with E-state index in [1.54, 1.807) is 14.2 Å². The molecule has 11 aromatic carbocycles. The van der Waals surface area contributed by atoms with Crippen LogP contribution in [0.15, 0.2) is 231 Å². The van der Waals surface area contributed by atoms with Crippen molar-refractivity contribution in [2.45, 2.75) is 59.3 Å². The van der Waals surface area contributed by atoms with Gasteiger partial charge in [0.15, 0.2) is 0 Å². The Kier molecular flexibility index (Phi) is 14.1. The van der Waals surface area contributed by atoms with Crippen molar-refractivity contribution in [2.75, 3.05) is 28.9 Å². The van der Waals surface area contributed by atoms with E-state index in [4.69, 9.17) is 26.1 Å². The molecule has 14 rings (SSSR count). The van der Waals surface area contributed by atoms with Gasteiger partial charge in [-0.15, -0.1) is 0 Å². The molecule has 2 aliphatic carbocycles. The van der Waals surface area contributed by atoms with Crippen LogP contribution in [-0.4, -0.2) is 19.2 Å². The molecule has 0 atom stereocenters. The van der Waals surface area contributed by atoms with Gasteiger partial charge in [0, 0.05) is 72.5 Å². The third-order valence-electron chi connectivity index (χ3n) is 17.5. The third-order valence-corrected chi connectivity index (χ3v) is 17.8.